The lowest BCUT2D eigenvalue weighted by atomic mass is 9.88. The Morgan fingerprint density at radius 1 is 1.07 bits per heavy atom. The van der Waals surface area contributed by atoms with Crippen LogP contribution >= 0.6 is 23.2 Å². The number of hydrogen-bond donors (Lipinski definition) is 4. The van der Waals surface area contributed by atoms with Crippen molar-refractivity contribution in [1.29, 1.82) is 0 Å². The maximum Gasteiger partial charge on any atom is 0.337 e. The zero-order valence-corrected chi connectivity index (χ0v) is 31.8. The highest BCUT2D eigenvalue weighted by Crippen LogP contribution is 2.47. The molecule has 11 nitrogen and oxygen atoms in total. The number of amides is 1. The molecule has 0 radical (unpaired) electrons. The molecule has 2 aliphatic carbocycles. The fourth-order valence-corrected chi connectivity index (χ4v) is 8.18. The van der Waals surface area contributed by atoms with E-state index < -0.39 is 11.9 Å². The van der Waals surface area contributed by atoms with Crippen LogP contribution in [0.4, 0.5) is 11.5 Å². The maximum absolute atomic E-state index is 13.6. The second-order valence-corrected chi connectivity index (χ2v) is 14.5. The number of anilines is 2. The average Bonchev–Trinajstić information content (AvgIpc) is 3.77. The monoisotopic (exact) mass is 763 g/mol. The van der Waals surface area contributed by atoms with Gasteiger partial charge in [-0.05, 0) is 75.3 Å². The number of fused-ring (bicyclic) bond motifs is 3. The third-order valence-corrected chi connectivity index (χ3v) is 11.1. The molecule has 2 atom stereocenters. The summed E-state index contributed by atoms with van der Waals surface area (Å²) in [5, 5.41) is 15.1. The number of carboxylic acids is 1. The van der Waals surface area contributed by atoms with Crippen LogP contribution in [0.25, 0.3) is 44.5 Å². The Hall–Kier alpha value is -5.57. The molecule has 1 saturated carbocycles. The highest BCUT2D eigenvalue weighted by molar-refractivity contribution is 6.41. The third kappa shape index (κ3) is 6.50. The lowest BCUT2D eigenvalue weighted by Crippen LogP contribution is -2.24. The van der Waals surface area contributed by atoms with Gasteiger partial charge in [-0.15, -0.1) is 0 Å². The Morgan fingerprint density at radius 3 is 2.59 bits per heavy atom. The molecule has 2 aromatic carbocycles. The molecular weight excluding hydrogens is 725 g/mol. The lowest BCUT2D eigenvalue weighted by molar-refractivity contribution is 0.0698. The predicted octanol–water partition coefficient (Wildman–Crippen LogP) is 8.19. The van der Waals surface area contributed by atoms with Gasteiger partial charge in [0.05, 0.1) is 44.0 Å². The Bertz CT molecular complexity index is 2620. The zero-order chi connectivity index (χ0) is 38.4. The summed E-state index contributed by atoms with van der Waals surface area (Å²) in [6.07, 6.45) is 7.81. The van der Waals surface area contributed by atoms with Crippen molar-refractivity contribution in [1.82, 2.24) is 19.9 Å². The number of carbonyl (C=O) groups is 2. The summed E-state index contributed by atoms with van der Waals surface area (Å²) in [7, 11) is 0. The van der Waals surface area contributed by atoms with Crippen molar-refractivity contribution in [3.8, 4) is 34.3 Å². The SMILES string of the molecule is CCN=c1cc2oc3cc(N)c(C)cc3c(-c3c(Cl)cc(C(=O)NCC#Cc4cn(C5CCC(CC)C5)c5ncnc(N)c45)c(Cl)c3C(=O)O)c-2cc1C. The average molecular weight is 765 g/mol. The van der Waals surface area contributed by atoms with E-state index in [4.69, 9.17) is 39.1 Å². The Kier molecular flexibility index (Phi) is 10.0. The maximum atomic E-state index is 13.6. The summed E-state index contributed by atoms with van der Waals surface area (Å²) in [6, 6.07) is 8.88. The fourth-order valence-electron chi connectivity index (χ4n) is 7.56. The van der Waals surface area contributed by atoms with Crippen LogP contribution in [0, 0.1) is 31.6 Å². The fraction of sp³-hybridized carbons (Fsp3) is 0.293. The van der Waals surface area contributed by atoms with E-state index >= 15 is 0 Å². The minimum absolute atomic E-state index is 0.0109. The van der Waals surface area contributed by atoms with E-state index in [1.165, 1.54) is 12.4 Å². The predicted molar refractivity (Wildman–Crippen MR) is 213 cm³/mol. The Balaban J connectivity index is 1.27. The number of halogens is 2. The largest absolute Gasteiger partial charge is 0.478 e. The van der Waals surface area contributed by atoms with Gasteiger partial charge in [-0.25, -0.2) is 14.8 Å². The lowest BCUT2D eigenvalue weighted by Gasteiger charge is -2.21. The molecule has 2 aromatic heterocycles. The van der Waals surface area contributed by atoms with Gasteiger partial charge in [0.1, 0.15) is 29.1 Å². The second-order valence-electron chi connectivity index (χ2n) is 13.7. The molecule has 1 amide bonds. The van der Waals surface area contributed by atoms with Crippen molar-refractivity contribution >= 4 is 68.6 Å². The smallest absolute Gasteiger partial charge is 0.337 e. The number of carbonyl (C=O) groups excluding carboxylic acids is 1. The van der Waals surface area contributed by atoms with Crippen LogP contribution in [0.1, 0.15) is 83.0 Å². The van der Waals surface area contributed by atoms with Gasteiger partial charge in [0, 0.05) is 58.7 Å². The van der Waals surface area contributed by atoms with Crippen molar-refractivity contribution in [2.75, 3.05) is 24.6 Å². The van der Waals surface area contributed by atoms with E-state index in [1.54, 1.807) is 6.07 Å². The highest BCUT2D eigenvalue weighted by atomic mass is 35.5. The normalized spacial score (nSPS) is 15.9. The number of aromatic nitrogens is 3. The molecule has 0 saturated heterocycles. The minimum Gasteiger partial charge on any atom is -0.478 e. The number of nitrogen functional groups attached to an aromatic ring is 2. The summed E-state index contributed by atoms with van der Waals surface area (Å²) in [5.41, 5.74) is 17.3. The van der Waals surface area contributed by atoms with Gasteiger partial charge in [0.2, 0.25) is 0 Å². The van der Waals surface area contributed by atoms with Crippen molar-refractivity contribution < 1.29 is 19.1 Å². The molecule has 2 unspecified atom stereocenters. The molecule has 276 valence electrons. The number of carboxylic acid groups (broad SMARTS) is 1. The van der Waals surface area contributed by atoms with Crippen molar-refractivity contribution in [2.45, 2.75) is 59.4 Å². The van der Waals surface area contributed by atoms with Gasteiger partial charge < -0.3 is 30.9 Å². The summed E-state index contributed by atoms with van der Waals surface area (Å²) in [5.74, 6) is 5.56. The number of benzene rings is 3. The summed E-state index contributed by atoms with van der Waals surface area (Å²) in [6.45, 7) is 8.40. The molecule has 1 aliphatic heterocycles. The van der Waals surface area contributed by atoms with Crippen molar-refractivity contribution in [2.24, 2.45) is 10.9 Å². The second kappa shape index (κ2) is 14.7. The number of rotatable bonds is 7. The quantitative estimate of drug-likeness (QED) is 0.0715. The molecule has 0 bridgehead atoms. The van der Waals surface area contributed by atoms with Gasteiger partial charge in [-0.1, -0.05) is 48.4 Å². The molecule has 6 N–H and O–H groups in total. The van der Waals surface area contributed by atoms with Crippen LogP contribution in [0.15, 0.2) is 52.3 Å². The van der Waals surface area contributed by atoms with Crippen LogP contribution in [0.2, 0.25) is 10.0 Å². The van der Waals surface area contributed by atoms with Crippen LogP contribution < -0.4 is 22.1 Å². The molecule has 54 heavy (non-hydrogen) atoms. The molecular formula is C41H39Cl2N7O4. The van der Waals surface area contributed by atoms with Crippen molar-refractivity contribution in [3.05, 3.63) is 86.1 Å². The summed E-state index contributed by atoms with van der Waals surface area (Å²) in [4.78, 5) is 39.9. The van der Waals surface area contributed by atoms with E-state index in [1.807, 2.05) is 45.2 Å². The van der Waals surface area contributed by atoms with Crippen LogP contribution in [0.5, 0.6) is 0 Å². The molecule has 13 heteroatoms. The molecule has 0 spiro atoms. The van der Waals surface area contributed by atoms with Gasteiger partial charge in [-0.2, -0.15) is 0 Å². The van der Waals surface area contributed by atoms with E-state index in [0.29, 0.717) is 68.8 Å². The van der Waals surface area contributed by atoms with Gasteiger partial charge in [0.15, 0.2) is 0 Å². The summed E-state index contributed by atoms with van der Waals surface area (Å²) >= 11 is 13.8. The highest BCUT2D eigenvalue weighted by Gasteiger charge is 2.30. The van der Waals surface area contributed by atoms with E-state index in [-0.39, 0.29) is 33.3 Å². The number of nitrogens with one attached hydrogen (secondary N) is 1. The minimum atomic E-state index is -1.36. The van der Waals surface area contributed by atoms with E-state index in [2.05, 4.69) is 43.6 Å². The third-order valence-electron chi connectivity index (χ3n) is 10.4. The number of aryl methyl sites for hydroxylation is 2. The number of hydrogen-bond acceptors (Lipinski definition) is 8. The first kappa shape index (κ1) is 36.8. The number of nitrogens with zero attached hydrogens (tertiary/aromatic N) is 4. The molecule has 7 rings (SSSR count). The first-order chi connectivity index (χ1) is 25.9. The van der Waals surface area contributed by atoms with E-state index in [0.717, 1.165) is 47.8 Å². The molecule has 4 aromatic rings. The standard InChI is InChI=1S/C41H39Cl2N7O4/c1-5-22-9-10-24(14-22)50-18-23(33-38(45)48-19-49-39(33)50)8-7-11-47-40(51)27-15-28(42)35(36(37(27)43)41(52)53)34-25-12-20(3)29(44)16-31(25)54-32-17-30(46-6-2)21(4)13-26(32)34/h12-13,15-19,22,24H,5-6,9-11,14,44H2,1-4H3,(H,47,51)(H,52,53)(H2,45,48,49). The van der Waals surface area contributed by atoms with Gasteiger partial charge >= 0.3 is 5.97 Å². The number of aromatic carboxylic acids is 1. The number of nitrogens with two attached hydrogens (primary N) is 2. The molecule has 3 aliphatic rings. The first-order valence-corrected chi connectivity index (χ1v) is 18.6. The molecule has 3 heterocycles. The Morgan fingerprint density at radius 2 is 1.87 bits per heavy atom. The first-order valence-electron chi connectivity index (χ1n) is 17.8. The van der Waals surface area contributed by atoms with Gasteiger partial charge in [-0.3, -0.25) is 9.79 Å². The van der Waals surface area contributed by atoms with Gasteiger partial charge in [0.25, 0.3) is 5.91 Å². The summed E-state index contributed by atoms with van der Waals surface area (Å²) < 4.78 is 8.46. The van der Waals surface area contributed by atoms with Crippen LogP contribution in [0.3, 0.4) is 0 Å². The molecule has 1 fully saturated rings. The zero-order valence-electron chi connectivity index (χ0n) is 30.3. The topological polar surface area (TPSA) is 175 Å². The van der Waals surface area contributed by atoms with Crippen molar-refractivity contribution in [3.63, 3.8) is 0 Å². The van der Waals surface area contributed by atoms with Crippen LogP contribution in [-0.4, -0.2) is 44.6 Å². The van der Waals surface area contributed by atoms with E-state index in [9.17, 15) is 14.7 Å². The Labute approximate surface area is 321 Å². The van der Waals surface area contributed by atoms with Crippen LogP contribution in [-0.2, 0) is 0 Å².